The Morgan fingerprint density at radius 2 is 1.86 bits per heavy atom. The Morgan fingerprint density at radius 1 is 1.24 bits per heavy atom. The van der Waals surface area contributed by atoms with Crippen LogP contribution in [0.3, 0.4) is 0 Å². The molecule has 0 bridgehead atoms. The summed E-state index contributed by atoms with van der Waals surface area (Å²) in [6, 6.07) is 6.97. The van der Waals surface area contributed by atoms with Crippen LogP contribution < -0.4 is 11.1 Å². The van der Waals surface area contributed by atoms with Gasteiger partial charge in [-0.25, -0.2) is 8.42 Å². The van der Waals surface area contributed by atoms with Gasteiger partial charge in [-0.3, -0.25) is 4.79 Å². The Hall–Kier alpha value is -1.56. The second-order valence-electron chi connectivity index (χ2n) is 5.56. The van der Waals surface area contributed by atoms with E-state index in [4.69, 9.17) is 5.73 Å². The molecule has 1 rings (SSSR count). The fraction of sp³-hybridized carbons (Fsp3) is 0.533. The van der Waals surface area contributed by atoms with Gasteiger partial charge in [-0.2, -0.15) is 0 Å². The molecule has 6 heteroatoms. The molecule has 0 saturated heterocycles. The maximum Gasteiger partial charge on any atom is 0.224 e. The van der Waals surface area contributed by atoms with E-state index >= 15 is 0 Å². The topological polar surface area (TPSA) is 89.3 Å². The van der Waals surface area contributed by atoms with E-state index < -0.39 is 9.84 Å². The molecule has 0 aromatic heterocycles. The number of benzene rings is 1. The largest absolute Gasteiger partial charge is 0.397 e. The average Bonchev–Trinajstić information content (AvgIpc) is 2.40. The molecule has 21 heavy (non-hydrogen) atoms. The van der Waals surface area contributed by atoms with Crippen molar-refractivity contribution in [3.63, 3.8) is 0 Å². The van der Waals surface area contributed by atoms with E-state index in [1.165, 1.54) is 0 Å². The van der Waals surface area contributed by atoms with E-state index in [1.807, 2.05) is 13.8 Å². The van der Waals surface area contributed by atoms with Crippen molar-refractivity contribution >= 4 is 27.1 Å². The van der Waals surface area contributed by atoms with Gasteiger partial charge in [0.15, 0.2) is 9.84 Å². The standard InChI is InChI=1S/C15H24N2O3S/c1-11(2)12(3)21(19,20)10-6-9-15(18)17-14-8-5-4-7-13(14)16/h4-5,7-8,11-12H,6,9-10,16H2,1-3H3,(H,17,18). The van der Waals surface area contributed by atoms with Crippen molar-refractivity contribution in [1.29, 1.82) is 0 Å². The number of hydrogen-bond acceptors (Lipinski definition) is 4. The van der Waals surface area contributed by atoms with E-state index in [9.17, 15) is 13.2 Å². The molecule has 1 unspecified atom stereocenters. The van der Waals surface area contributed by atoms with Gasteiger partial charge in [0, 0.05) is 6.42 Å². The number of nitrogens with one attached hydrogen (secondary N) is 1. The molecule has 0 aliphatic carbocycles. The molecule has 0 aliphatic rings. The number of anilines is 2. The van der Waals surface area contributed by atoms with Crippen molar-refractivity contribution in [2.45, 2.75) is 38.9 Å². The zero-order valence-corrected chi connectivity index (χ0v) is 13.6. The van der Waals surface area contributed by atoms with Crippen LogP contribution in [-0.2, 0) is 14.6 Å². The fourth-order valence-corrected chi connectivity index (χ4v) is 3.61. The Labute approximate surface area is 126 Å². The van der Waals surface area contributed by atoms with E-state index in [1.54, 1.807) is 31.2 Å². The van der Waals surface area contributed by atoms with Gasteiger partial charge in [0.25, 0.3) is 0 Å². The second kappa shape index (κ2) is 7.45. The van der Waals surface area contributed by atoms with Gasteiger partial charge in [0.1, 0.15) is 0 Å². The van der Waals surface area contributed by atoms with Crippen LogP contribution in [0.15, 0.2) is 24.3 Å². The quantitative estimate of drug-likeness (QED) is 0.757. The molecular formula is C15H24N2O3S. The minimum Gasteiger partial charge on any atom is -0.397 e. The lowest BCUT2D eigenvalue weighted by molar-refractivity contribution is -0.116. The summed E-state index contributed by atoms with van der Waals surface area (Å²) in [5.41, 5.74) is 6.78. The van der Waals surface area contributed by atoms with Gasteiger partial charge in [-0.1, -0.05) is 26.0 Å². The highest BCUT2D eigenvalue weighted by Crippen LogP contribution is 2.18. The molecule has 0 aliphatic heterocycles. The Morgan fingerprint density at radius 3 is 2.43 bits per heavy atom. The number of nitrogen functional groups attached to an aromatic ring is 1. The molecule has 0 fully saturated rings. The molecule has 0 radical (unpaired) electrons. The lowest BCUT2D eigenvalue weighted by Gasteiger charge is -2.16. The van der Waals surface area contributed by atoms with Crippen LogP contribution in [0.1, 0.15) is 33.6 Å². The van der Waals surface area contributed by atoms with E-state index in [0.717, 1.165) is 0 Å². The van der Waals surface area contributed by atoms with Crippen molar-refractivity contribution in [3.05, 3.63) is 24.3 Å². The average molecular weight is 312 g/mol. The lowest BCUT2D eigenvalue weighted by Crippen LogP contribution is -2.26. The number of carbonyl (C=O) groups is 1. The summed E-state index contributed by atoms with van der Waals surface area (Å²) < 4.78 is 24.0. The van der Waals surface area contributed by atoms with Gasteiger partial charge in [-0.05, 0) is 31.4 Å². The van der Waals surface area contributed by atoms with Crippen LogP contribution in [0.2, 0.25) is 0 Å². The monoisotopic (exact) mass is 312 g/mol. The highest BCUT2D eigenvalue weighted by atomic mass is 32.2. The molecule has 118 valence electrons. The summed E-state index contributed by atoms with van der Waals surface area (Å²) in [4.78, 5) is 11.8. The third kappa shape index (κ3) is 5.38. The minimum absolute atomic E-state index is 0.0318. The third-order valence-corrected chi connectivity index (χ3v) is 6.11. The highest BCUT2D eigenvalue weighted by Gasteiger charge is 2.23. The zero-order chi connectivity index (χ0) is 16.0. The molecule has 5 nitrogen and oxygen atoms in total. The summed E-state index contributed by atoms with van der Waals surface area (Å²) >= 11 is 0. The first-order valence-corrected chi connectivity index (χ1v) is 8.81. The number of amides is 1. The first-order valence-electron chi connectivity index (χ1n) is 7.10. The predicted octanol–water partition coefficient (Wildman–Crippen LogP) is 2.45. The fourth-order valence-electron chi connectivity index (χ4n) is 1.86. The SMILES string of the molecule is CC(C)C(C)S(=O)(=O)CCCC(=O)Nc1ccccc1N. The molecule has 0 heterocycles. The zero-order valence-electron chi connectivity index (χ0n) is 12.8. The van der Waals surface area contributed by atoms with E-state index in [0.29, 0.717) is 17.8 Å². The first-order chi connectivity index (χ1) is 9.74. The maximum atomic E-state index is 12.0. The minimum atomic E-state index is -3.14. The Bertz CT molecular complexity index is 582. The van der Waals surface area contributed by atoms with Gasteiger partial charge in [0.2, 0.25) is 5.91 Å². The number of para-hydroxylation sites is 2. The Kier molecular flexibility index (Phi) is 6.20. The van der Waals surface area contributed by atoms with Gasteiger partial charge in [-0.15, -0.1) is 0 Å². The predicted molar refractivity (Wildman–Crippen MR) is 86.8 cm³/mol. The summed E-state index contributed by atoms with van der Waals surface area (Å²) in [6.45, 7) is 5.48. The number of carbonyl (C=O) groups excluding carboxylic acids is 1. The molecule has 0 saturated carbocycles. The summed E-state index contributed by atoms with van der Waals surface area (Å²) in [5, 5.41) is 2.31. The normalized spacial score (nSPS) is 13.1. The lowest BCUT2D eigenvalue weighted by atomic mass is 10.2. The molecular weight excluding hydrogens is 288 g/mol. The van der Waals surface area contributed by atoms with Crippen molar-refractivity contribution in [3.8, 4) is 0 Å². The van der Waals surface area contributed by atoms with Gasteiger partial charge in [0.05, 0.1) is 22.4 Å². The third-order valence-electron chi connectivity index (χ3n) is 3.57. The number of hydrogen-bond donors (Lipinski definition) is 2. The van der Waals surface area contributed by atoms with E-state index in [-0.39, 0.29) is 29.2 Å². The van der Waals surface area contributed by atoms with Crippen molar-refractivity contribution < 1.29 is 13.2 Å². The van der Waals surface area contributed by atoms with Crippen LogP contribution in [0.4, 0.5) is 11.4 Å². The summed E-state index contributed by atoms with van der Waals surface area (Å²) in [5.74, 6) is -0.113. The number of rotatable bonds is 7. The molecule has 1 atom stereocenters. The van der Waals surface area contributed by atoms with Crippen LogP contribution in [0.25, 0.3) is 0 Å². The number of nitrogens with two attached hydrogens (primary N) is 1. The smallest absolute Gasteiger partial charge is 0.224 e. The molecule has 1 aromatic carbocycles. The van der Waals surface area contributed by atoms with Gasteiger partial charge >= 0.3 is 0 Å². The molecule has 1 amide bonds. The molecule has 1 aromatic rings. The second-order valence-corrected chi connectivity index (χ2v) is 8.03. The maximum absolute atomic E-state index is 12.0. The van der Waals surface area contributed by atoms with Crippen LogP contribution in [0.5, 0.6) is 0 Å². The highest BCUT2D eigenvalue weighted by molar-refractivity contribution is 7.92. The Balaban J connectivity index is 2.46. The van der Waals surface area contributed by atoms with E-state index in [2.05, 4.69) is 5.32 Å². The van der Waals surface area contributed by atoms with Gasteiger partial charge < -0.3 is 11.1 Å². The van der Waals surface area contributed by atoms with Crippen LogP contribution in [0, 0.1) is 5.92 Å². The number of sulfone groups is 1. The van der Waals surface area contributed by atoms with Crippen molar-refractivity contribution in [1.82, 2.24) is 0 Å². The van der Waals surface area contributed by atoms with Crippen molar-refractivity contribution in [2.24, 2.45) is 5.92 Å². The summed E-state index contributed by atoms with van der Waals surface area (Å²) in [7, 11) is -3.14. The first kappa shape index (κ1) is 17.5. The van der Waals surface area contributed by atoms with Crippen LogP contribution in [-0.4, -0.2) is 25.3 Å². The van der Waals surface area contributed by atoms with Crippen molar-refractivity contribution in [2.75, 3.05) is 16.8 Å². The molecule has 0 spiro atoms. The summed E-state index contributed by atoms with van der Waals surface area (Å²) in [6.07, 6.45) is 0.482. The van der Waals surface area contributed by atoms with Crippen LogP contribution >= 0.6 is 0 Å². The molecule has 3 N–H and O–H groups in total.